The van der Waals surface area contributed by atoms with Crippen LogP contribution in [0.4, 0.5) is 13.2 Å². The number of carboxylic acids is 2. The highest BCUT2D eigenvalue weighted by Crippen LogP contribution is 2.33. The monoisotopic (exact) mass is 588 g/mol. The number of para-hydroxylation sites is 2. The number of carbonyl (C=O) groups is 5. The highest BCUT2D eigenvalue weighted by atomic mass is 19.4. The van der Waals surface area contributed by atoms with E-state index in [1.807, 2.05) is 4.90 Å². The number of hydrogen-bond acceptors (Lipinski definition) is 7. The molecule has 0 saturated carbocycles. The summed E-state index contributed by atoms with van der Waals surface area (Å²) < 4.78 is 42.0. The summed E-state index contributed by atoms with van der Waals surface area (Å²) in [6.45, 7) is 1.64. The van der Waals surface area contributed by atoms with Gasteiger partial charge in [-0.1, -0.05) is 24.3 Å². The molecule has 2 aromatic carbocycles. The number of imide groups is 1. The number of rotatable bonds is 7. The van der Waals surface area contributed by atoms with Gasteiger partial charge in [0.15, 0.2) is 0 Å². The Morgan fingerprint density at radius 3 is 1.98 bits per heavy atom. The van der Waals surface area contributed by atoms with E-state index in [1.165, 1.54) is 4.57 Å². The molecule has 0 radical (unpaired) electrons. The average Bonchev–Trinajstić information content (AvgIpc) is 3.44. The lowest BCUT2D eigenvalue weighted by Crippen LogP contribution is -2.39. The van der Waals surface area contributed by atoms with Crippen LogP contribution in [0, 0.1) is 5.92 Å². The maximum Gasteiger partial charge on any atom is 0.449 e. The molecule has 1 fully saturated rings. The molecule has 2 aliphatic rings. The molecule has 2 N–H and O–H groups in total. The van der Waals surface area contributed by atoms with Crippen LogP contribution >= 0.6 is 0 Å². The Hall–Kier alpha value is -4.59. The molecule has 0 atom stereocenters. The van der Waals surface area contributed by atoms with Crippen molar-refractivity contribution >= 4 is 40.6 Å². The number of amides is 2. The van der Waals surface area contributed by atoms with Crippen molar-refractivity contribution in [3.63, 3.8) is 0 Å². The molecule has 3 heterocycles. The third-order valence-electron chi connectivity index (χ3n) is 7.13. The van der Waals surface area contributed by atoms with Gasteiger partial charge in [-0.05, 0) is 56.1 Å². The average molecular weight is 589 g/mol. The van der Waals surface area contributed by atoms with Gasteiger partial charge in [0.25, 0.3) is 11.8 Å². The summed E-state index contributed by atoms with van der Waals surface area (Å²) in [6, 6.07) is 13.2. The smallest absolute Gasteiger partial charge is 0.449 e. The number of Topliss-reactive ketones (excluding diaryl/α,β-unsaturated/α-hetero) is 1. The van der Waals surface area contributed by atoms with Gasteiger partial charge in [0.05, 0.1) is 28.7 Å². The molecule has 2 aliphatic heterocycles. The molecule has 0 bridgehead atoms. The Kier molecular flexibility index (Phi) is 9.05. The summed E-state index contributed by atoms with van der Waals surface area (Å²) in [5.74, 6) is -5.33. The van der Waals surface area contributed by atoms with Crippen molar-refractivity contribution in [3.05, 3.63) is 65.5 Å². The molecular formula is C28H27F3N4O7. The Morgan fingerprint density at radius 2 is 1.43 bits per heavy atom. The lowest BCUT2D eigenvalue weighted by atomic mass is 9.96. The second kappa shape index (κ2) is 12.5. The first-order chi connectivity index (χ1) is 19.9. The second-order valence-corrected chi connectivity index (χ2v) is 9.96. The fourth-order valence-electron chi connectivity index (χ4n) is 5.07. The number of imidazole rings is 1. The number of alkyl halides is 3. The number of benzene rings is 2. The largest absolute Gasteiger partial charge is 0.473 e. The molecule has 14 heteroatoms. The number of hydrogen-bond donors (Lipinski definition) is 2. The van der Waals surface area contributed by atoms with Crippen LogP contribution in [0.5, 0.6) is 0 Å². The normalized spacial score (nSPS) is 15.8. The first-order valence-corrected chi connectivity index (χ1v) is 13.0. The molecular weight excluding hydrogens is 561 g/mol. The van der Waals surface area contributed by atoms with Crippen LogP contribution < -0.4 is 0 Å². The van der Waals surface area contributed by atoms with E-state index in [2.05, 4.69) is 4.98 Å². The van der Waals surface area contributed by atoms with E-state index < -0.39 is 23.9 Å². The quantitative estimate of drug-likeness (QED) is 0.313. The Balaban J connectivity index is 0.000000612. The van der Waals surface area contributed by atoms with Gasteiger partial charge in [0.2, 0.25) is 5.82 Å². The zero-order chi connectivity index (χ0) is 30.6. The van der Waals surface area contributed by atoms with Crippen molar-refractivity contribution in [2.45, 2.75) is 32.0 Å². The van der Waals surface area contributed by atoms with Gasteiger partial charge >= 0.3 is 18.1 Å². The zero-order valence-corrected chi connectivity index (χ0v) is 22.2. The fraction of sp³-hybridized carbons (Fsp3) is 0.357. The minimum absolute atomic E-state index is 0.0356. The first kappa shape index (κ1) is 30.4. The van der Waals surface area contributed by atoms with E-state index in [9.17, 15) is 27.6 Å². The lowest BCUT2D eigenvalue weighted by molar-refractivity contribution is -0.159. The fourth-order valence-corrected chi connectivity index (χ4v) is 5.07. The molecule has 222 valence electrons. The van der Waals surface area contributed by atoms with Gasteiger partial charge < -0.3 is 14.8 Å². The molecule has 1 aromatic heterocycles. The number of aliphatic carboxylic acids is 2. The maximum absolute atomic E-state index is 13.6. The SMILES string of the molecule is O=C(CCN1C(=O)c2ccccc2C1=O)CN1CCC(Cn2c(C(F)(F)F)nc3ccccc32)CC1.O=C(O)C(=O)O. The number of carboxylic acid groups (broad SMARTS) is 2. The van der Waals surface area contributed by atoms with Crippen molar-refractivity contribution in [1.82, 2.24) is 19.4 Å². The van der Waals surface area contributed by atoms with Crippen molar-refractivity contribution in [2.24, 2.45) is 5.92 Å². The van der Waals surface area contributed by atoms with Crippen molar-refractivity contribution in [3.8, 4) is 0 Å². The molecule has 3 aromatic rings. The van der Waals surface area contributed by atoms with E-state index in [4.69, 9.17) is 19.8 Å². The van der Waals surface area contributed by atoms with Crippen LogP contribution in [0.25, 0.3) is 11.0 Å². The van der Waals surface area contributed by atoms with E-state index in [-0.39, 0.29) is 49.6 Å². The summed E-state index contributed by atoms with van der Waals surface area (Å²) in [5.41, 5.74) is 1.51. The van der Waals surface area contributed by atoms with Gasteiger partial charge in [-0.15, -0.1) is 0 Å². The molecule has 2 amide bonds. The Bertz CT molecular complexity index is 1480. The molecule has 1 saturated heterocycles. The van der Waals surface area contributed by atoms with Crippen molar-refractivity contribution < 1.29 is 47.4 Å². The number of nitrogens with zero attached hydrogens (tertiary/aromatic N) is 4. The van der Waals surface area contributed by atoms with E-state index in [0.29, 0.717) is 48.1 Å². The molecule has 11 nitrogen and oxygen atoms in total. The number of fused-ring (bicyclic) bond motifs is 2. The topological polar surface area (TPSA) is 150 Å². The van der Waals surface area contributed by atoms with Gasteiger partial charge in [-0.25, -0.2) is 14.6 Å². The number of carbonyl (C=O) groups excluding carboxylic acids is 3. The molecule has 5 rings (SSSR count). The van der Waals surface area contributed by atoms with Crippen LogP contribution in [-0.2, 0) is 27.1 Å². The van der Waals surface area contributed by atoms with Crippen LogP contribution in [0.15, 0.2) is 48.5 Å². The maximum atomic E-state index is 13.6. The summed E-state index contributed by atoms with van der Waals surface area (Å²) in [4.78, 5) is 62.6. The molecule has 0 aliphatic carbocycles. The van der Waals surface area contributed by atoms with Gasteiger partial charge in [-0.2, -0.15) is 13.2 Å². The van der Waals surface area contributed by atoms with Crippen molar-refractivity contribution in [2.75, 3.05) is 26.2 Å². The van der Waals surface area contributed by atoms with Gasteiger partial charge in [-0.3, -0.25) is 24.2 Å². The number of aromatic nitrogens is 2. The van der Waals surface area contributed by atoms with Crippen molar-refractivity contribution in [1.29, 1.82) is 0 Å². The number of ketones is 1. The van der Waals surface area contributed by atoms with Gasteiger partial charge in [0, 0.05) is 19.5 Å². The highest BCUT2D eigenvalue weighted by molar-refractivity contribution is 6.27. The second-order valence-electron chi connectivity index (χ2n) is 9.96. The number of piperidine rings is 1. The number of halogens is 3. The van der Waals surface area contributed by atoms with E-state index in [1.54, 1.807) is 48.5 Å². The highest BCUT2D eigenvalue weighted by Gasteiger charge is 2.38. The van der Waals surface area contributed by atoms with E-state index >= 15 is 0 Å². The first-order valence-electron chi connectivity index (χ1n) is 13.0. The van der Waals surface area contributed by atoms with Crippen LogP contribution in [0.3, 0.4) is 0 Å². The van der Waals surface area contributed by atoms with Crippen LogP contribution in [0.1, 0.15) is 45.8 Å². The third kappa shape index (κ3) is 6.82. The molecule has 0 unspecified atom stereocenters. The standard InChI is InChI=1S/C26H25F3N4O3.C2H2O4/c27-26(28,29)25-30-21-7-3-4-8-22(21)33(25)15-17-9-12-31(13-10-17)16-18(34)11-14-32-23(35)19-5-1-2-6-20(19)24(32)36;3-1(4)2(5)6/h1-8,17H,9-16H2;(H,3,4)(H,5,6). The molecule has 42 heavy (non-hydrogen) atoms. The summed E-state index contributed by atoms with van der Waals surface area (Å²) in [6.07, 6.45) is -3.14. The van der Waals surface area contributed by atoms with Crippen LogP contribution in [0.2, 0.25) is 0 Å². The third-order valence-corrected chi connectivity index (χ3v) is 7.13. The minimum atomic E-state index is -4.54. The lowest BCUT2D eigenvalue weighted by Gasteiger charge is -2.32. The Morgan fingerprint density at radius 1 is 0.881 bits per heavy atom. The van der Waals surface area contributed by atoms with Crippen LogP contribution in [-0.4, -0.2) is 85.3 Å². The zero-order valence-electron chi connectivity index (χ0n) is 22.2. The summed E-state index contributed by atoms with van der Waals surface area (Å²) in [5, 5.41) is 14.8. The van der Waals surface area contributed by atoms with Gasteiger partial charge in [0.1, 0.15) is 5.78 Å². The summed E-state index contributed by atoms with van der Waals surface area (Å²) >= 11 is 0. The summed E-state index contributed by atoms with van der Waals surface area (Å²) in [7, 11) is 0. The number of likely N-dealkylation sites (tertiary alicyclic amines) is 1. The predicted octanol–water partition coefficient (Wildman–Crippen LogP) is 3.18. The van der Waals surface area contributed by atoms with E-state index in [0.717, 1.165) is 4.90 Å². The minimum Gasteiger partial charge on any atom is -0.473 e. The Labute approximate surface area is 237 Å². The predicted molar refractivity (Wildman–Crippen MR) is 141 cm³/mol. The molecule has 0 spiro atoms.